The van der Waals surface area contributed by atoms with Gasteiger partial charge in [-0.3, -0.25) is 0 Å². The van der Waals surface area contributed by atoms with E-state index in [1.165, 1.54) is 149 Å². The number of unbranched alkanes of at least 4 members (excludes halogenated alkanes) is 18. The van der Waals surface area contributed by atoms with Crippen molar-refractivity contribution in [1.82, 2.24) is 4.73 Å². The van der Waals surface area contributed by atoms with E-state index in [0.29, 0.717) is 30.5 Å². The van der Waals surface area contributed by atoms with Crippen molar-refractivity contribution >= 4 is 10.1 Å². The second-order valence-corrected chi connectivity index (χ2v) is 28.0. The summed E-state index contributed by atoms with van der Waals surface area (Å²) < 4.78 is 103. The van der Waals surface area contributed by atoms with Crippen LogP contribution in [0.5, 0.6) is 5.75 Å². The molecule has 1 aromatic heterocycles. The van der Waals surface area contributed by atoms with E-state index >= 15 is 0 Å². The van der Waals surface area contributed by atoms with E-state index in [1.54, 1.807) is 0 Å². The number of ether oxygens (including phenoxy) is 2. The van der Waals surface area contributed by atoms with Gasteiger partial charge in [0.05, 0.1) is 30.9 Å². The number of nitrogens with zero attached hydrogens (tertiary/aromatic N) is 2. The van der Waals surface area contributed by atoms with Crippen LogP contribution < -0.4 is 0 Å². The van der Waals surface area contributed by atoms with Gasteiger partial charge in [0.2, 0.25) is 0 Å². The van der Waals surface area contributed by atoms with E-state index in [0.717, 1.165) is 75.3 Å². The standard InChI is InChI=1S/C30H22O.C14H26F2O.C14H28O.C12H17N.C10H12.C6H9NO.C2F4.C2H2F2.2CH4.Mo/c31-30-28(24-17-9-3-10-18-24)26(22-13-5-1-6-14-22)21-27(23-15-7-2-8-16-23)29(30)25-19-11-4-12-20-25;1-2-3-4-5-6-7-8-9-10-11-12-17-13-14(15)16;1-3-5-6-7-8-9-10-11-12-13-14-15-4-2;1-8(2)10-6-5-7-11(9(3)4)12(10)13;1-10(2,3)9-7-5-4-6-8-9;1-5-3-4-6(2)7(5)8;3-1(4)2(5)6;1-2(3)4;;;/h1-21,31H;13H,2-12H2,1H3;4H,2-3,5-14H2,1H3;5-9H,1-4H3;1,4-8H,2-3H3;3-4,8H,1-2H3;;1H2;2*1H4;. The van der Waals surface area contributed by atoms with Crippen molar-refractivity contribution in [1.29, 1.82) is 0 Å². The summed E-state index contributed by atoms with van der Waals surface area (Å²) in [6.07, 6.45) is 18.9. The topological polar surface area (TPSA) is 76.2 Å². The van der Waals surface area contributed by atoms with E-state index in [1.807, 2.05) is 98.8 Å². The van der Waals surface area contributed by atoms with Crippen LogP contribution in [-0.2, 0) is 32.8 Å². The Bertz CT molecular complexity index is 3570. The zero-order chi connectivity index (χ0) is 77.6. The molecule has 0 saturated carbocycles. The first kappa shape index (κ1) is 98.8. The molecule has 0 bridgehead atoms. The zero-order valence-corrected chi connectivity index (χ0v) is 65.8. The van der Waals surface area contributed by atoms with Gasteiger partial charge in [0.25, 0.3) is 6.08 Å². The molecule has 588 valence electrons. The Labute approximate surface area is 646 Å². The molecule has 0 unspecified atom stereocenters. The van der Waals surface area contributed by atoms with E-state index in [-0.39, 0.29) is 20.3 Å². The summed E-state index contributed by atoms with van der Waals surface area (Å²) in [6, 6.07) is 64.2. The third-order valence-corrected chi connectivity index (χ3v) is 19.3. The maximum Gasteiger partial charge on any atom is 0.334 e. The first-order valence-corrected chi connectivity index (χ1v) is 39.1. The molecule has 107 heavy (non-hydrogen) atoms. The van der Waals surface area contributed by atoms with E-state index < -0.39 is 42.2 Å². The number of rotatable bonds is 33. The largest absolute Gasteiger partial charge is 0.507 e. The summed E-state index contributed by atoms with van der Waals surface area (Å²) in [7, 11) is 0. The summed E-state index contributed by atoms with van der Waals surface area (Å²) in [4.78, 5) is 0. The van der Waals surface area contributed by atoms with Crippen molar-refractivity contribution < 1.29 is 72.8 Å². The van der Waals surface area contributed by atoms with E-state index in [9.17, 15) is 40.2 Å². The molecule has 0 saturated heterocycles. The molecule has 0 atom stereocenters. The summed E-state index contributed by atoms with van der Waals surface area (Å²) in [6.45, 7) is 28.8. The second-order valence-electron chi connectivity index (χ2n) is 26.5. The van der Waals surface area contributed by atoms with Crippen LogP contribution in [-0.4, -0.2) is 32.7 Å². The minimum absolute atomic E-state index is 0. The molecule has 0 spiro atoms. The maximum absolute atomic E-state index is 11.8. The van der Waals surface area contributed by atoms with Gasteiger partial charge >= 0.3 is 174 Å². The molecular weight excluding hydrogens is 1440 g/mol. The number of aromatic hydroxyl groups is 1. The molecule has 0 radical (unpaired) electrons. The number of aromatic nitrogens is 1. The van der Waals surface area contributed by atoms with E-state index in [4.69, 9.17) is 13.4 Å². The van der Waals surface area contributed by atoms with Gasteiger partial charge in [-0.05, 0) is 84.8 Å². The number of halogens is 8. The van der Waals surface area contributed by atoms with Crippen molar-refractivity contribution in [3.05, 3.63) is 266 Å². The Hall–Kier alpha value is -8.22. The molecule has 2 N–H and O–H groups in total. The van der Waals surface area contributed by atoms with Crippen LogP contribution in [0, 0.1) is 13.8 Å². The zero-order valence-electron chi connectivity index (χ0n) is 63.8. The smallest absolute Gasteiger partial charge is 0.334 e. The molecule has 8 aromatic rings. The van der Waals surface area contributed by atoms with Crippen LogP contribution in [0.4, 0.5) is 40.8 Å². The third kappa shape index (κ3) is 42.2. The number of aryl methyl sites for hydroxylation is 2. The molecule has 6 nitrogen and oxygen atoms in total. The average molecular weight is 1570 g/mol. The van der Waals surface area contributed by atoms with Gasteiger partial charge in [0, 0.05) is 11.1 Å². The minimum atomic E-state index is -2.91. The van der Waals surface area contributed by atoms with Crippen LogP contribution in [0.15, 0.2) is 242 Å². The second kappa shape index (κ2) is 59.8. The Morgan fingerprint density at radius 2 is 0.794 bits per heavy atom. The molecule has 0 aliphatic carbocycles. The quantitative estimate of drug-likeness (QED) is 0.0141. The van der Waals surface area contributed by atoms with Gasteiger partial charge in [-0.25, -0.2) is 0 Å². The molecular formula is C92H124F8MoN2O4. The Kier molecular flexibility index (Phi) is 55.2. The molecule has 7 aromatic carbocycles. The number of hydrogen-bond donors (Lipinski definition) is 2. The van der Waals surface area contributed by atoms with Gasteiger partial charge in [-0.2, -0.15) is 39.9 Å². The monoisotopic (exact) mass is 1570 g/mol. The molecule has 0 aliphatic rings. The van der Waals surface area contributed by atoms with Crippen LogP contribution >= 0.6 is 0 Å². The van der Waals surface area contributed by atoms with Crippen molar-refractivity contribution in [3.8, 4) is 50.3 Å². The molecule has 1 heterocycles. The number of phenols is 1. The van der Waals surface area contributed by atoms with E-state index in [2.05, 4.69) is 181 Å². The summed E-state index contributed by atoms with van der Waals surface area (Å²) >= 11 is -0.553. The summed E-state index contributed by atoms with van der Waals surface area (Å²) in [5.41, 5.74) is 15.1. The van der Waals surface area contributed by atoms with Crippen LogP contribution in [0.25, 0.3) is 44.5 Å². The Morgan fingerprint density at radius 1 is 0.477 bits per heavy atom. The minimum Gasteiger partial charge on any atom is -0.507 e. The van der Waals surface area contributed by atoms with Crippen molar-refractivity contribution in [2.24, 2.45) is 3.50 Å². The van der Waals surface area contributed by atoms with Gasteiger partial charge in [0.1, 0.15) is 12.0 Å². The molecule has 15 heteroatoms. The maximum atomic E-state index is 11.8. The third-order valence-electron chi connectivity index (χ3n) is 16.8. The molecule has 0 amide bonds. The van der Waals surface area contributed by atoms with Gasteiger partial charge < -0.3 is 19.8 Å². The fourth-order valence-corrected chi connectivity index (χ4v) is 13.0. The van der Waals surface area contributed by atoms with Gasteiger partial charge in [-0.1, -0.05) is 272 Å². The predicted octanol–water partition coefficient (Wildman–Crippen LogP) is 31.4. The van der Waals surface area contributed by atoms with Gasteiger partial charge in [-0.15, -0.1) is 0 Å². The number of hydrogen-bond acceptors (Lipinski definition) is 5. The molecule has 8 rings (SSSR count). The summed E-state index contributed by atoms with van der Waals surface area (Å²) in [5, 5.41) is 20.7. The first-order chi connectivity index (χ1) is 50.4. The predicted molar refractivity (Wildman–Crippen MR) is 436 cm³/mol. The fourth-order valence-electron chi connectivity index (χ4n) is 11.1. The number of phenolic OH excluding ortho intramolecular Hbond substituents is 1. The van der Waals surface area contributed by atoms with Crippen molar-refractivity contribution in [2.75, 3.05) is 13.2 Å². The van der Waals surface area contributed by atoms with Crippen molar-refractivity contribution in [2.45, 2.75) is 230 Å². The van der Waals surface area contributed by atoms with Crippen LogP contribution in [0.1, 0.15) is 239 Å². The molecule has 0 aliphatic heterocycles. The average Bonchev–Trinajstić information content (AvgIpc) is 1.16. The fraction of sp³-hybridized carbons (Fsp3) is 0.402. The SMILES string of the molecule is C.C.C=C(F)F.C=COCCCCCCCCCCCC.CC(C)c1cccc(C(C)C)c1[N]=[Mo]=[CH]C(C)(C)c1ccccc1.CCCCCCCCCCCCOC=C(F)F.Cc1ccc(C)n1O.FC(F)=C(F)F.Oc1c(-c2ccccc2)c(-c2ccccc2)cc(-c2ccccc2)c1-c1ccccc1. The Balaban J connectivity index is 0.00000133. The van der Waals surface area contributed by atoms with Gasteiger partial charge in [0.15, 0.2) is 0 Å². The van der Waals surface area contributed by atoms with Crippen LogP contribution in [0.2, 0.25) is 0 Å². The van der Waals surface area contributed by atoms with Crippen LogP contribution in [0.3, 0.4) is 0 Å². The summed E-state index contributed by atoms with van der Waals surface area (Å²) in [5.74, 6) is 1.33. The van der Waals surface area contributed by atoms with Crippen molar-refractivity contribution in [3.63, 3.8) is 0 Å². The molecule has 0 fully saturated rings. The normalized spacial score (nSPS) is 10.2. The number of benzene rings is 7. The first-order valence-electron chi connectivity index (χ1n) is 37.0. The Morgan fingerprint density at radius 3 is 1.09 bits per heavy atom.